The highest BCUT2D eigenvalue weighted by Gasteiger charge is 2.87. The summed E-state index contributed by atoms with van der Waals surface area (Å²) in [6, 6.07) is 1.05. The third-order valence-corrected chi connectivity index (χ3v) is 3.32. The van der Waals surface area contributed by atoms with Crippen LogP contribution in [0.2, 0.25) is 0 Å². The van der Waals surface area contributed by atoms with E-state index in [1.165, 1.54) is 0 Å². The predicted octanol–water partition coefficient (Wildman–Crippen LogP) is 5.57. The molecule has 0 spiro atoms. The van der Waals surface area contributed by atoms with Gasteiger partial charge in [0.05, 0.1) is 5.56 Å². The Morgan fingerprint density at radius 2 is 1.12 bits per heavy atom. The Bertz CT molecular complexity index is 661. The molecule has 1 rings (SSSR count). The van der Waals surface area contributed by atoms with Gasteiger partial charge in [-0.05, 0) is 25.5 Å². The summed E-state index contributed by atoms with van der Waals surface area (Å²) in [6.07, 6.45) is -7.22. The van der Waals surface area contributed by atoms with Crippen molar-refractivity contribution >= 4 is 0 Å². The summed E-state index contributed by atoms with van der Waals surface area (Å²) in [4.78, 5) is 0. The number of benzene rings is 1. The molecule has 0 saturated carbocycles. The summed E-state index contributed by atoms with van der Waals surface area (Å²) in [5.74, 6) is -30.0. The quantitative estimate of drug-likeness (QED) is 0.667. The summed E-state index contributed by atoms with van der Waals surface area (Å²) in [5.41, 5.74) is -2.96. The largest absolute Gasteiger partial charge is 0.507 e. The van der Waals surface area contributed by atoms with Gasteiger partial charge >= 0.3 is 29.9 Å². The lowest BCUT2D eigenvalue weighted by molar-refractivity contribution is -0.424. The van der Waals surface area contributed by atoms with E-state index in [9.17, 15) is 53.4 Å². The molecule has 0 atom stereocenters. The first-order chi connectivity index (χ1) is 10.8. The van der Waals surface area contributed by atoms with E-state index in [0.29, 0.717) is 0 Å². The van der Waals surface area contributed by atoms with Gasteiger partial charge in [-0.1, -0.05) is 11.6 Å². The van der Waals surface area contributed by atoms with Gasteiger partial charge in [-0.15, -0.1) is 0 Å². The van der Waals surface area contributed by atoms with Crippen molar-refractivity contribution in [1.29, 1.82) is 0 Å². The average Bonchev–Trinajstić information content (AvgIpc) is 2.40. The van der Waals surface area contributed by atoms with Crippen LogP contribution in [-0.2, 0) is 5.92 Å². The van der Waals surface area contributed by atoms with Crippen LogP contribution in [0, 0.1) is 13.8 Å². The molecular weight excluding hydrogens is 381 g/mol. The first kappa shape index (κ1) is 21.3. The molecule has 1 nitrogen and oxygen atoms in total. The van der Waals surface area contributed by atoms with E-state index in [2.05, 4.69) is 0 Å². The Labute approximate surface area is 133 Å². The fraction of sp³-hybridized carbons (Fsp3) is 0.538. The Hall–Kier alpha value is -1.75. The van der Waals surface area contributed by atoms with Gasteiger partial charge in [-0.3, -0.25) is 0 Å². The molecule has 0 fully saturated rings. The number of phenols is 1. The summed E-state index contributed by atoms with van der Waals surface area (Å²) in [5, 5.41) is 9.38. The number of alkyl halides is 11. The molecule has 1 aromatic carbocycles. The van der Waals surface area contributed by atoms with Crippen LogP contribution in [0.4, 0.5) is 48.3 Å². The van der Waals surface area contributed by atoms with E-state index in [1.54, 1.807) is 0 Å². The van der Waals surface area contributed by atoms with Crippen LogP contribution in [0.3, 0.4) is 0 Å². The van der Waals surface area contributed by atoms with Gasteiger partial charge in [-0.2, -0.15) is 48.3 Å². The number of rotatable bonds is 4. The van der Waals surface area contributed by atoms with Crippen molar-refractivity contribution < 1.29 is 53.4 Å². The van der Waals surface area contributed by atoms with Gasteiger partial charge < -0.3 is 5.11 Å². The summed E-state index contributed by atoms with van der Waals surface area (Å²) < 4.78 is 143. The summed E-state index contributed by atoms with van der Waals surface area (Å²) >= 11 is 0. The van der Waals surface area contributed by atoms with Crippen LogP contribution >= 0.6 is 0 Å². The molecule has 0 aliphatic heterocycles. The number of aryl methyl sites for hydroxylation is 2. The van der Waals surface area contributed by atoms with Crippen molar-refractivity contribution in [2.75, 3.05) is 0 Å². The lowest BCUT2D eigenvalue weighted by Gasteiger charge is -2.37. The van der Waals surface area contributed by atoms with Gasteiger partial charge in [0.1, 0.15) is 5.75 Å². The molecule has 0 unspecified atom stereocenters. The van der Waals surface area contributed by atoms with Gasteiger partial charge in [0.25, 0.3) is 0 Å². The molecule has 0 bridgehead atoms. The number of halogens is 11. The molecule has 12 heteroatoms. The molecule has 0 radical (unpaired) electrons. The fourth-order valence-corrected chi connectivity index (χ4v) is 1.94. The molecular formula is C13H9F11O. The second kappa shape index (κ2) is 5.63. The minimum Gasteiger partial charge on any atom is -0.507 e. The molecule has 0 amide bonds. The Balaban J connectivity index is 3.66. The number of phenolic OH excluding ortho intramolecular Hbond substituents is 1. The van der Waals surface area contributed by atoms with E-state index >= 15 is 0 Å². The topological polar surface area (TPSA) is 20.2 Å². The van der Waals surface area contributed by atoms with E-state index in [1.807, 2.05) is 0 Å². The van der Waals surface area contributed by atoms with Gasteiger partial charge in [0.2, 0.25) is 0 Å². The zero-order valence-electron chi connectivity index (χ0n) is 12.3. The molecule has 0 heterocycles. The normalized spacial score (nSPS) is 14.8. The highest BCUT2D eigenvalue weighted by atomic mass is 19.4. The SMILES string of the molecule is Cc1cc(C)c(O)c(C(F)(F)C(F)(F)C(F)(F)C(F)(F)C(F)(F)F)c1. The molecule has 1 aromatic rings. The van der Waals surface area contributed by atoms with Crippen LogP contribution in [0.15, 0.2) is 12.1 Å². The molecule has 0 aromatic heterocycles. The Morgan fingerprint density at radius 3 is 1.52 bits per heavy atom. The second-order valence-corrected chi connectivity index (χ2v) is 5.27. The van der Waals surface area contributed by atoms with Crippen LogP contribution in [0.25, 0.3) is 0 Å². The first-order valence-electron chi connectivity index (χ1n) is 6.21. The lowest BCUT2D eigenvalue weighted by Crippen LogP contribution is -2.65. The third kappa shape index (κ3) is 2.88. The molecule has 0 aliphatic rings. The minimum absolute atomic E-state index is 0.0814. The van der Waals surface area contributed by atoms with Crippen LogP contribution in [0.5, 0.6) is 5.75 Å². The summed E-state index contributed by atoms with van der Waals surface area (Å²) in [6.45, 7) is 1.93. The van der Waals surface area contributed by atoms with E-state index in [4.69, 9.17) is 0 Å². The molecule has 144 valence electrons. The van der Waals surface area contributed by atoms with E-state index in [-0.39, 0.29) is 11.6 Å². The van der Waals surface area contributed by atoms with Gasteiger partial charge in [0, 0.05) is 0 Å². The van der Waals surface area contributed by atoms with E-state index in [0.717, 1.165) is 19.9 Å². The van der Waals surface area contributed by atoms with Crippen molar-refractivity contribution in [3.05, 3.63) is 28.8 Å². The molecule has 1 N–H and O–H groups in total. The van der Waals surface area contributed by atoms with Crippen LogP contribution in [0.1, 0.15) is 16.7 Å². The highest BCUT2D eigenvalue weighted by Crippen LogP contribution is 2.60. The van der Waals surface area contributed by atoms with Crippen molar-refractivity contribution in [3.63, 3.8) is 0 Å². The fourth-order valence-electron chi connectivity index (χ4n) is 1.94. The zero-order valence-corrected chi connectivity index (χ0v) is 12.3. The molecule has 0 aliphatic carbocycles. The van der Waals surface area contributed by atoms with Gasteiger partial charge in [0.15, 0.2) is 0 Å². The van der Waals surface area contributed by atoms with Crippen molar-refractivity contribution in [3.8, 4) is 5.75 Å². The van der Waals surface area contributed by atoms with Crippen molar-refractivity contribution in [1.82, 2.24) is 0 Å². The minimum atomic E-state index is -7.51. The second-order valence-electron chi connectivity index (χ2n) is 5.27. The van der Waals surface area contributed by atoms with Crippen molar-refractivity contribution in [2.45, 2.75) is 43.7 Å². The molecule has 0 saturated heterocycles. The first-order valence-corrected chi connectivity index (χ1v) is 6.21. The molecule has 25 heavy (non-hydrogen) atoms. The maximum Gasteiger partial charge on any atom is 0.460 e. The monoisotopic (exact) mass is 390 g/mol. The van der Waals surface area contributed by atoms with Crippen LogP contribution < -0.4 is 0 Å². The number of hydrogen-bond acceptors (Lipinski definition) is 1. The maximum atomic E-state index is 13.9. The zero-order chi connectivity index (χ0) is 20.2. The van der Waals surface area contributed by atoms with Crippen LogP contribution in [-0.4, -0.2) is 29.1 Å². The smallest absolute Gasteiger partial charge is 0.460 e. The third-order valence-electron chi connectivity index (χ3n) is 3.32. The van der Waals surface area contributed by atoms with Gasteiger partial charge in [-0.25, -0.2) is 0 Å². The van der Waals surface area contributed by atoms with E-state index < -0.39 is 46.7 Å². The summed E-state index contributed by atoms with van der Waals surface area (Å²) in [7, 11) is 0. The predicted molar refractivity (Wildman–Crippen MR) is 62.4 cm³/mol. The Morgan fingerprint density at radius 1 is 0.680 bits per heavy atom. The maximum absolute atomic E-state index is 13.9. The lowest BCUT2D eigenvalue weighted by atomic mass is 9.91. The van der Waals surface area contributed by atoms with Crippen molar-refractivity contribution in [2.24, 2.45) is 0 Å². The Kier molecular flexibility index (Phi) is 4.79. The number of aromatic hydroxyl groups is 1. The number of hydrogen-bond donors (Lipinski definition) is 1. The average molecular weight is 390 g/mol. The highest BCUT2D eigenvalue weighted by molar-refractivity contribution is 5.46. The standard InChI is InChI=1S/C13H9F11O/c1-5-3-6(2)8(25)7(4-5)9(14,15)10(16,17)11(18,19)12(20,21)13(22,23)24/h3-4,25H,1-2H3.